The first-order valence-corrected chi connectivity index (χ1v) is 11.9. The smallest absolute Gasteiger partial charge is 0.223 e. The summed E-state index contributed by atoms with van der Waals surface area (Å²) in [7, 11) is 0. The molecule has 1 amide bonds. The first kappa shape index (κ1) is 20.9. The van der Waals surface area contributed by atoms with E-state index < -0.39 is 0 Å². The van der Waals surface area contributed by atoms with Gasteiger partial charge in [-0.05, 0) is 64.0 Å². The van der Waals surface area contributed by atoms with E-state index in [-0.39, 0.29) is 11.8 Å². The molecule has 3 aromatic rings. The molecule has 0 saturated heterocycles. The molecule has 1 aromatic carbocycles. The maximum atomic E-state index is 12.1. The second-order valence-corrected chi connectivity index (χ2v) is 9.30. The minimum atomic E-state index is 0.255. The lowest BCUT2D eigenvalue weighted by atomic mass is 9.91. The third-order valence-corrected chi connectivity index (χ3v) is 6.77. The summed E-state index contributed by atoms with van der Waals surface area (Å²) in [5.41, 5.74) is 3.99. The molecule has 2 fully saturated rings. The number of nitrogens with one attached hydrogen (secondary N) is 2. The molecule has 168 valence electrons. The van der Waals surface area contributed by atoms with Gasteiger partial charge in [-0.2, -0.15) is 5.10 Å². The fourth-order valence-corrected chi connectivity index (χ4v) is 4.70. The van der Waals surface area contributed by atoms with Crippen LogP contribution in [0.5, 0.6) is 0 Å². The van der Waals surface area contributed by atoms with Crippen molar-refractivity contribution < 1.29 is 4.79 Å². The van der Waals surface area contributed by atoms with Crippen LogP contribution in [0.25, 0.3) is 16.7 Å². The zero-order chi connectivity index (χ0) is 22.2. The van der Waals surface area contributed by atoms with Crippen LogP contribution in [0.15, 0.2) is 24.3 Å². The molecule has 2 heterocycles. The molecule has 0 unspecified atom stereocenters. The molecule has 0 radical (unpaired) electrons. The molecule has 7 heteroatoms. The Balaban J connectivity index is 1.39. The largest absolute Gasteiger partial charge is 0.367 e. The molecule has 2 aromatic heterocycles. The molecule has 7 nitrogen and oxygen atoms in total. The van der Waals surface area contributed by atoms with Crippen molar-refractivity contribution in [3.05, 3.63) is 41.3 Å². The molecule has 32 heavy (non-hydrogen) atoms. The maximum Gasteiger partial charge on any atom is 0.223 e. The number of anilines is 1. The topological polar surface area (TPSA) is 84.7 Å². The third-order valence-electron chi connectivity index (χ3n) is 6.77. The summed E-state index contributed by atoms with van der Waals surface area (Å²) >= 11 is 0. The highest BCUT2D eigenvalue weighted by atomic mass is 16.2. The number of hydrogen-bond acceptors (Lipinski definition) is 5. The van der Waals surface area contributed by atoms with Crippen LogP contribution in [-0.4, -0.2) is 37.7 Å². The van der Waals surface area contributed by atoms with Crippen molar-refractivity contribution in [2.24, 2.45) is 5.92 Å². The van der Waals surface area contributed by atoms with Gasteiger partial charge in [-0.1, -0.05) is 25.1 Å². The van der Waals surface area contributed by atoms with E-state index in [2.05, 4.69) is 36.6 Å². The van der Waals surface area contributed by atoms with Gasteiger partial charge in [0.25, 0.3) is 0 Å². The molecule has 0 atom stereocenters. The van der Waals surface area contributed by atoms with E-state index in [9.17, 15) is 4.79 Å². The van der Waals surface area contributed by atoms with Gasteiger partial charge in [0.2, 0.25) is 5.91 Å². The second-order valence-electron chi connectivity index (χ2n) is 9.30. The number of fused-ring (bicyclic) bond motifs is 1. The van der Waals surface area contributed by atoms with Crippen LogP contribution in [-0.2, 0) is 11.2 Å². The molecule has 2 N–H and O–H groups in total. The van der Waals surface area contributed by atoms with Crippen LogP contribution in [0.4, 0.5) is 5.82 Å². The molecule has 0 bridgehead atoms. The summed E-state index contributed by atoms with van der Waals surface area (Å²) in [5, 5.41) is 12.8. The number of aryl methyl sites for hydroxylation is 3. The van der Waals surface area contributed by atoms with Gasteiger partial charge < -0.3 is 10.6 Å². The van der Waals surface area contributed by atoms with Crippen LogP contribution >= 0.6 is 0 Å². The van der Waals surface area contributed by atoms with Crippen LogP contribution in [0, 0.1) is 19.8 Å². The summed E-state index contributed by atoms with van der Waals surface area (Å²) in [6.45, 7) is 6.21. The predicted molar refractivity (Wildman–Crippen MR) is 126 cm³/mol. The maximum absolute atomic E-state index is 12.1. The Bertz CT molecular complexity index is 1140. The van der Waals surface area contributed by atoms with E-state index in [1.54, 1.807) is 0 Å². The van der Waals surface area contributed by atoms with Crippen molar-refractivity contribution in [3.8, 4) is 5.69 Å². The summed E-state index contributed by atoms with van der Waals surface area (Å²) < 4.78 is 1.95. The van der Waals surface area contributed by atoms with E-state index in [1.165, 1.54) is 0 Å². The summed E-state index contributed by atoms with van der Waals surface area (Å²) in [6.07, 6.45) is 6.94. The molecule has 5 rings (SSSR count). The van der Waals surface area contributed by atoms with Crippen molar-refractivity contribution in [2.45, 2.75) is 77.8 Å². The van der Waals surface area contributed by atoms with Gasteiger partial charge in [-0.3, -0.25) is 4.79 Å². The Kier molecular flexibility index (Phi) is 5.57. The Morgan fingerprint density at radius 2 is 1.75 bits per heavy atom. The highest BCUT2D eigenvalue weighted by molar-refractivity contribution is 5.90. The molecule has 0 spiro atoms. The van der Waals surface area contributed by atoms with Crippen LogP contribution < -0.4 is 10.6 Å². The van der Waals surface area contributed by atoms with Crippen LogP contribution in [0.3, 0.4) is 0 Å². The van der Waals surface area contributed by atoms with Gasteiger partial charge in [-0.25, -0.2) is 14.6 Å². The molecular formula is C25H32N6O. The monoisotopic (exact) mass is 432 g/mol. The van der Waals surface area contributed by atoms with E-state index >= 15 is 0 Å². The number of nitrogens with zero attached hydrogens (tertiary/aromatic N) is 4. The summed E-state index contributed by atoms with van der Waals surface area (Å²) in [6, 6.07) is 8.91. The first-order chi connectivity index (χ1) is 15.5. The van der Waals surface area contributed by atoms with Gasteiger partial charge in [0.05, 0.1) is 16.8 Å². The predicted octanol–water partition coefficient (Wildman–Crippen LogP) is 4.24. The SMILES string of the molecule is CCc1nc(NC2CCC(NC(=O)C3CC3)CC2)c2c(C)nn(-c3ccccc3C)c2n1. The normalized spacial score (nSPS) is 21.0. The third kappa shape index (κ3) is 4.08. The number of rotatable bonds is 6. The quantitative estimate of drug-likeness (QED) is 0.608. The van der Waals surface area contributed by atoms with Crippen molar-refractivity contribution in [3.63, 3.8) is 0 Å². The lowest BCUT2D eigenvalue weighted by Crippen LogP contribution is -2.40. The molecule has 0 aliphatic heterocycles. The van der Waals surface area contributed by atoms with Gasteiger partial charge in [0.1, 0.15) is 11.6 Å². The average molecular weight is 433 g/mol. The number of aromatic nitrogens is 4. The summed E-state index contributed by atoms with van der Waals surface area (Å²) in [5.74, 6) is 2.24. The number of carbonyl (C=O) groups excluding carboxylic acids is 1. The molecular weight excluding hydrogens is 400 g/mol. The van der Waals surface area contributed by atoms with Crippen LogP contribution in [0.2, 0.25) is 0 Å². The number of carbonyl (C=O) groups is 1. The standard InChI is InChI=1S/C25H32N6O/c1-4-21-28-23(26-18-11-13-19(14-12-18)27-25(32)17-9-10-17)22-16(3)30-31(24(22)29-21)20-8-6-5-7-15(20)2/h5-8,17-19H,4,9-14H2,1-3H3,(H,27,32)(H,26,28,29). The number of para-hydroxylation sites is 1. The van der Waals surface area contributed by atoms with E-state index in [0.29, 0.717) is 12.1 Å². The lowest BCUT2D eigenvalue weighted by Gasteiger charge is -2.30. The van der Waals surface area contributed by atoms with Crippen molar-refractivity contribution >= 4 is 22.8 Å². The number of amides is 1. The van der Waals surface area contributed by atoms with Crippen molar-refractivity contribution in [2.75, 3.05) is 5.32 Å². The van der Waals surface area contributed by atoms with E-state index in [4.69, 9.17) is 15.1 Å². The van der Waals surface area contributed by atoms with Gasteiger partial charge in [0.15, 0.2) is 5.65 Å². The zero-order valence-electron chi connectivity index (χ0n) is 19.2. The minimum absolute atomic E-state index is 0.255. The molecule has 2 aliphatic carbocycles. The van der Waals surface area contributed by atoms with Gasteiger partial charge in [-0.15, -0.1) is 0 Å². The molecule has 2 aliphatic rings. The molecule has 2 saturated carbocycles. The van der Waals surface area contributed by atoms with E-state index in [1.807, 2.05) is 23.7 Å². The van der Waals surface area contributed by atoms with Crippen molar-refractivity contribution in [1.29, 1.82) is 0 Å². The van der Waals surface area contributed by atoms with Crippen molar-refractivity contribution in [1.82, 2.24) is 25.1 Å². The Morgan fingerprint density at radius 1 is 1.03 bits per heavy atom. The minimum Gasteiger partial charge on any atom is -0.367 e. The lowest BCUT2D eigenvalue weighted by molar-refractivity contribution is -0.123. The Hall–Kier alpha value is -2.96. The van der Waals surface area contributed by atoms with E-state index in [0.717, 1.165) is 84.6 Å². The highest BCUT2D eigenvalue weighted by Gasteiger charge is 2.32. The fourth-order valence-electron chi connectivity index (χ4n) is 4.70. The zero-order valence-corrected chi connectivity index (χ0v) is 19.2. The average Bonchev–Trinajstić information content (AvgIpc) is 3.59. The fraction of sp³-hybridized carbons (Fsp3) is 0.520. The van der Waals surface area contributed by atoms with Crippen LogP contribution in [0.1, 0.15) is 62.5 Å². The van der Waals surface area contributed by atoms with Gasteiger partial charge >= 0.3 is 0 Å². The number of hydrogen-bond donors (Lipinski definition) is 2. The Labute approximate surface area is 189 Å². The Morgan fingerprint density at radius 3 is 2.44 bits per heavy atom. The van der Waals surface area contributed by atoms with Gasteiger partial charge in [0, 0.05) is 24.4 Å². The summed E-state index contributed by atoms with van der Waals surface area (Å²) in [4.78, 5) is 21.8. The second kappa shape index (κ2) is 8.52. The highest BCUT2D eigenvalue weighted by Crippen LogP contribution is 2.32. The first-order valence-electron chi connectivity index (χ1n) is 11.9. The number of benzene rings is 1.